The van der Waals surface area contributed by atoms with Crippen molar-refractivity contribution < 1.29 is 18.7 Å². The van der Waals surface area contributed by atoms with Crippen LogP contribution >= 0.6 is 0 Å². The van der Waals surface area contributed by atoms with Crippen LogP contribution in [0, 0.1) is 5.82 Å². The molecule has 0 heterocycles. The van der Waals surface area contributed by atoms with Gasteiger partial charge in [-0.25, -0.2) is 4.39 Å². The maximum absolute atomic E-state index is 13.5. The first-order valence-electron chi connectivity index (χ1n) is 10.1. The van der Waals surface area contributed by atoms with Crippen molar-refractivity contribution in [2.75, 3.05) is 13.7 Å². The number of nitrogens with one attached hydrogen (secondary N) is 2. The summed E-state index contributed by atoms with van der Waals surface area (Å²) in [4.78, 5) is 22.8. The minimum atomic E-state index is -0.572. The summed E-state index contributed by atoms with van der Waals surface area (Å²) in [6.45, 7) is 1.89. The third-order valence-corrected chi connectivity index (χ3v) is 5.65. The van der Waals surface area contributed by atoms with E-state index >= 15 is 0 Å². The Balaban J connectivity index is 1.57. The van der Waals surface area contributed by atoms with E-state index in [4.69, 9.17) is 10.5 Å². The zero-order valence-corrected chi connectivity index (χ0v) is 17.3. The molecule has 30 heavy (non-hydrogen) atoms. The standard InChI is InChI=1S/C23H28FN3O3/c1-14(20-10-8-18(24)12-21(20)30-2)27-19-9-7-17(11-19)15-3-5-16(6-4-15)23(29)26-13-22(25)28/h3-6,8,10,12,14,17,19,27H,7,9,11,13H2,1-2H3,(H2,25,28)(H,26,29)/t14-,17+,19?/m1/s1. The highest BCUT2D eigenvalue weighted by Crippen LogP contribution is 2.36. The van der Waals surface area contributed by atoms with Gasteiger partial charge in [0.25, 0.3) is 5.91 Å². The third-order valence-electron chi connectivity index (χ3n) is 5.65. The van der Waals surface area contributed by atoms with Gasteiger partial charge in [-0.2, -0.15) is 0 Å². The molecule has 0 aromatic heterocycles. The number of hydrogen-bond acceptors (Lipinski definition) is 4. The maximum atomic E-state index is 13.5. The normalized spacial score (nSPS) is 19.3. The molecule has 3 rings (SSSR count). The molecule has 1 fully saturated rings. The number of ether oxygens (including phenoxy) is 1. The van der Waals surface area contributed by atoms with Gasteiger partial charge >= 0.3 is 0 Å². The number of amides is 2. The van der Waals surface area contributed by atoms with E-state index in [1.165, 1.54) is 17.7 Å². The monoisotopic (exact) mass is 413 g/mol. The van der Waals surface area contributed by atoms with Gasteiger partial charge in [0, 0.05) is 29.3 Å². The summed E-state index contributed by atoms with van der Waals surface area (Å²) in [5, 5.41) is 6.12. The first-order chi connectivity index (χ1) is 14.4. The number of nitrogens with two attached hydrogens (primary N) is 1. The SMILES string of the molecule is COc1cc(F)ccc1[C@@H](C)NC1CC[C@H](c2ccc(C(=O)NCC(N)=O)cc2)C1. The van der Waals surface area contributed by atoms with Gasteiger partial charge in [0.1, 0.15) is 11.6 Å². The molecule has 1 saturated carbocycles. The Labute approximate surface area is 176 Å². The lowest BCUT2D eigenvalue weighted by Gasteiger charge is -2.22. The van der Waals surface area contributed by atoms with E-state index in [9.17, 15) is 14.0 Å². The lowest BCUT2D eigenvalue weighted by molar-refractivity contribution is -0.117. The zero-order chi connectivity index (χ0) is 21.7. The van der Waals surface area contributed by atoms with Crippen LogP contribution in [-0.4, -0.2) is 31.5 Å². The van der Waals surface area contributed by atoms with Gasteiger partial charge in [-0.05, 0) is 55.9 Å². The van der Waals surface area contributed by atoms with Crippen LogP contribution in [0.25, 0.3) is 0 Å². The fraction of sp³-hybridized carbons (Fsp3) is 0.391. The number of halogens is 1. The Morgan fingerprint density at radius 2 is 1.93 bits per heavy atom. The highest BCUT2D eigenvalue weighted by molar-refractivity contribution is 5.96. The molecule has 2 amide bonds. The molecule has 0 saturated heterocycles. The van der Waals surface area contributed by atoms with Crippen LogP contribution in [0.3, 0.4) is 0 Å². The summed E-state index contributed by atoms with van der Waals surface area (Å²) < 4.78 is 18.8. The van der Waals surface area contributed by atoms with Crippen molar-refractivity contribution in [2.24, 2.45) is 5.73 Å². The van der Waals surface area contributed by atoms with Crippen molar-refractivity contribution in [3.05, 3.63) is 65.0 Å². The number of benzene rings is 2. The number of rotatable bonds is 8. The van der Waals surface area contributed by atoms with Crippen molar-refractivity contribution in [3.63, 3.8) is 0 Å². The topological polar surface area (TPSA) is 93.4 Å². The van der Waals surface area contributed by atoms with Crippen molar-refractivity contribution >= 4 is 11.8 Å². The average Bonchev–Trinajstić information content (AvgIpc) is 3.20. The molecule has 2 aromatic rings. The smallest absolute Gasteiger partial charge is 0.251 e. The highest BCUT2D eigenvalue weighted by Gasteiger charge is 2.27. The van der Waals surface area contributed by atoms with E-state index in [0.717, 1.165) is 24.8 Å². The molecule has 0 bridgehead atoms. The lowest BCUT2D eigenvalue weighted by Crippen LogP contribution is -2.33. The van der Waals surface area contributed by atoms with Crippen LogP contribution < -0.4 is 21.1 Å². The molecule has 0 radical (unpaired) electrons. The van der Waals surface area contributed by atoms with Crippen molar-refractivity contribution in [2.45, 2.75) is 44.2 Å². The van der Waals surface area contributed by atoms with Crippen LogP contribution in [0.1, 0.15) is 59.6 Å². The van der Waals surface area contributed by atoms with Crippen LogP contribution in [0.5, 0.6) is 5.75 Å². The Morgan fingerprint density at radius 3 is 2.60 bits per heavy atom. The molecule has 160 valence electrons. The van der Waals surface area contributed by atoms with Crippen LogP contribution in [0.15, 0.2) is 42.5 Å². The maximum Gasteiger partial charge on any atom is 0.251 e. The third kappa shape index (κ3) is 5.36. The Morgan fingerprint density at radius 1 is 1.20 bits per heavy atom. The molecule has 4 N–H and O–H groups in total. The second-order valence-electron chi connectivity index (χ2n) is 7.75. The van der Waals surface area contributed by atoms with Gasteiger partial charge in [-0.15, -0.1) is 0 Å². The minimum Gasteiger partial charge on any atom is -0.496 e. The van der Waals surface area contributed by atoms with Gasteiger partial charge in [0.2, 0.25) is 5.91 Å². The van der Waals surface area contributed by atoms with E-state index in [-0.39, 0.29) is 24.3 Å². The molecule has 6 nitrogen and oxygen atoms in total. The van der Waals surface area contributed by atoms with E-state index in [1.54, 1.807) is 25.3 Å². The molecule has 3 atom stereocenters. The van der Waals surface area contributed by atoms with Gasteiger partial charge in [0.15, 0.2) is 0 Å². The number of carbonyl (C=O) groups excluding carboxylic acids is 2. The van der Waals surface area contributed by atoms with Crippen molar-refractivity contribution in [1.29, 1.82) is 0 Å². The first-order valence-corrected chi connectivity index (χ1v) is 10.1. The lowest BCUT2D eigenvalue weighted by atomic mass is 9.96. The second kappa shape index (κ2) is 9.71. The van der Waals surface area contributed by atoms with Crippen LogP contribution in [-0.2, 0) is 4.79 Å². The molecule has 1 unspecified atom stereocenters. The molecule has 1 aliphatic carbocycles. The number of hydrogen-bond donors (Lipinski definition) is 3. The average molecular weight is 413 g/mol. The fourth-order valence-corrected chi connectivity index (χ4v) is 4.10. The summed E-state index contributed by atoms with van der Waals surface area (Å²) in [6, 6.07) is 12.5. The van der Waals surface area contributed by atoms with Gasteiger partial charge in [-0.3, -0.25) is 9.59 Å². The molecule has 0 spiro atoms. The highest BCUT2D eigenvalue weighted by atomic mass is 19.1. The predicted octanol–water partition coefficient (Wildman–Crippen LogP) is 3.04. The Hall–Kier alpha value is -2.93. The molecule has 7 heteroatoms. The van der Waals surface area contributed by atoms with E-state index in [2.05, 4.69) is 17.6 Å². The largest absolute Gasteiger partial charge is 0.496 e. The van der Waals surface area contributed by atoms with Gasteiger partial charge < -0.3 is 21.1 Å². The molecule has 2 aromatic carbocycles. The Kier molecular flexibility index (Phi) is 7.05. The van der Waals surface area contributed by atoms with Crippen LogP contribution in [0.4, 0.5) is 4.39 Å². The van der Waals surface area contributed by atoms with E-state index < -0.39 is 5.91 Å². The minimum absolute atomic E-state index is 0.0422. The first kappa shape index (κ1) is 21.8. The van der Waals surface area contributed by atoms with Gasteiger partial charge in [0.05, 0.1) is 13.7 Å². The molecular weight excluding hydrogens is 385 g/mol. The van der Waals surface area contributed by atoms with E-state index in [1.807, 2.05) is 12.1 Å². The number of primary amides is 1. The van der Waals surface area contributed by atoms with E-state index in [0.29, 0.717) is 23.3 Å². The van der Waals surface area contributed by atoms with Crippen LogP contribution in [0.2, 0.25) is 0 Å². The number of carbonyl (C=O) groups is 2. The number of methoxy groups -OCH3 is 1. The molecule has 1 aliphatic rings. The molecular formula is C23H28FN3O3. The fourth-order valence-electron chi connectivity index (χ4n) is 4.10. The summed E-state index contributed by atoms with van der Waals surface area (Å²) in [6.07, 6.45) is 3.08. The summed E-state index contributed by atoms with van der Waals surface area (Å²) in [5.74, 6) is -0.233. The second-order valence-corrected chi connectivity index (χ2v) is 7.75. The summed E-state index contributed by atoms with van der Waals surface area (Å²) in [7, 11) is 1.55. The zero-order valence-electron chi connectivity index (χ0n) is 17.3. The summed E-state index contributed by atoms with van der Waals surface area (Å²) in [5.41, 5.74) is 7.68. The summed E-state index contributed by atoms with van der Waals surface area (Å²) >= 11 is 0. The quantitative estimate of drug-likeness (QED) is 0.620. The predicted molar refractivity (Wildman–Crippen MR) is 113 cm³/mol. The van der Waals surface area contributed by atoms with Crippen molar-refractivity contribution in [3.8, 4) is 5.75 Å². The van der Waals surface area contributed by atoms with Crippen molar-refractivity contribution in [1.82, 2.24) is 10.6 Å². The molecule has 0 aliphatic heterocycles. The Bertz CT molecular complexity index is 901. The van der Waals surface area contributed by atoms with Gasteiger partial charge in [-0.1, -0.05) is 18.2 Å².